The highest BCUT2D eigenvalue weighted by atomic mass is 32.2. The van der Waals surface area contributed by atoms with Crippen LogP contribution in [0.4, 0.5) is 8.78 Å². The first-order valence-electron chi connectivity index (χ1n) is 9.30. The van der Waals surface area contributed by atoms with Gasteiger partial charge in [0.2, 0.25) is 21.8 Å². The normalized spacial score (nSPS) is 14.6. The minimum absolute atomic E-state index is 0.125. The Balaban J connectivity index is 1.48. The fourth-order valence-corrected chi connectivity index (χ4v) is 4.09. The number of rotatable bonds is 6. The summed E-state index contributed by atoms with van der Waals surface area (Å²) in [4.78, 5) is 27.5. The molecule has 7 nitrogen and oxygen atoms in total. The van der Waals surface area contributed by atoms with Crippen LogP contribution < -0.4 is 4.72 Å². The predicted molar refractivity (Wildman–Crippen MR) is 105 cm³/mol. The molecule has 0 aliphatic carbocycles. The molecule has 160 valence electrons. The quantitative estimate of drug-likeness (QED) is 0.735. The van der Waals surface area contributed by atoms with Gasteiger partial charge in [-0.1, -0.05) is 18.2 Å². The van der Waals surface area contributed by atoms with Gasteiger partial charge in [0.1, 0.15) is 11.6 Å². The first-order chi connectivity index (χ1) is 14.2. The molecule has 0 saturated carbocycles. The zero-order chi connectivity index (χ0) is 21.7. The first kappa shape index (κ1) is 21.8. The number of carbonyl (C=O) groups excluding carboxylic acids is 2. The second-order valence-electron chi connectivity index (χ2n) is 6.85. The number of hydrogen-bond acceptors (Lipinski definition) is 4. The van der Waals surface area contributed by atoms with Crippen molar-refractivity contribution in [3.63, 3.8) is 0 Å². The second kappa shape index (κ2) is 9.31. The molecule has 0 unspecified atom stereocenters. The molecular weight excluding hydrogens is 416 g/mol. The second-order valence-corrected chi connectivity index (χ2v) is 8.61. The third-order valence-corrected chi connectivity index (χ3v) is 6.17. The van der Waals surface area contributed by atoms with E-state index in [0.29, 0.717) is 18.7 Å². The minimum atomic E-state index is -4.01. The van der Waals surface area contributed by atoms with E-state index < -0.39 is 28.3 Å². The van der Waals surface area contributed by atoms with Crippen LogP contribution in [0.5, 0.6) is 0 Å². The van der Waals surface area contributed by atoms with Crippen molar-refractivity contribution < 1.29 is 26.8 Å². The van der Waals surface area contributed by atoms with Crippen molar-refractivity contribution in [3.8, 4) is 0 Å². The van der Waals surface area contributed by atoms with Crippen molar-refractivity contribution in [1.82, 2.24) is 14.5 Å². The molecule has 0 radical (unpaired) electrons. The number of nitrogens with zero attached hydrogens (tertiary/aromatic N) is 2. The van der Waals surface area contributed by atoms with Crippen molar-refractivity contribution in [2.75, 3.05) is 32.7 Å². The van der Waals surface area contributed by atoms with Crippen LogP contribution in [0.1, 0.15) is 5.56 Å². The van der Waals surface area contributed by atoms with Gasteiger partial charge in [-0.3, -0.25) is 9.59 Å². The number of carbonyl (C=O) groups is 2. The van der Waals surface area contributed by atoms with E-state index in [1.54, 1.807) is 17.0 Å². The molecule has 1 N–H and O–H groups in total. The van der Waals surface area contributed by atoms with Crippen molar-refractivity contribution in [1.29, 1.82) is 0 Å². The fourth-order valence-electron chi connectivity index (χ4n) is 3.08. The Morgan fingerprint density at radius 3 is 2.07 bits per heavy atom. The number of hydrogen-bond donors (Lipinski definition) is 1. The van der Waals surface area contributed by atoms with Crippen LogP contribution in [0.15, 0.2) is 53.4 Å². The smallest absolute Gasteiger partial charge is 0.241 e. The Morgan fingerprint density at radius 2 is 1.47 bits per heavy atom. The lowest BCUT2D eigenvalue weighted by molar-refractivity contribution is -0.138. The van der Waals surface area contributed by atoms with Crippen LogP contribution in [0, 0.1) is 11.6 Å². The summed E-state index contributed by atoms with van der Waals surface area (Å²) in [5.74, 6) is -1.61. The monoisotopic (exact) mass is 437 g/mol. The number of benzene rings is 2. The van der Waals surface area contributed by atoms with Gasteiger partial charge in [-0.2, -0.15) is 0 Å². The number of piperazine rings is 1. The largest absolute Gasteiger partial charge is 0.339 e. The Labute approximate surface area is 173 Å². The summed E-state index contributed by atoms with van der Waals surface area (Å²) in [6.07, 6.45) is 0.141. The molecule has 1 aliphatic heterocycles. The summed E-state index contributed by atoms with van der Waals surface area (Å²) in [5.41, 5.74) is 0.701. The zero-order valence-electron chi connectivity index (χ0n) is 16.1. The fraction of sp³-hybridized carbons (Fsp3) is 0.300. The molecule has 0 atom stereocenters. The minimum Gasteiger partial charge on any atom is -0.339 e. The molecule has 0 bridgehead atoms. The van der Waals surface area contributed by atoms with Crippen LogP contribution >= 0.6 is 0 Å². The van der Waals surface area contributed by atoms with E-state index in [1.807, 2.05) is 0 Å². The summed E-state index contributed by atoms with van der Waals surface area (Å²) < 4.78 is 52.7. The van der Waals surface area contributed by atoms with E-state index in [9.17, 15) is 26.8 Å². The summed E-state index contributed by atoms with van der Waals surface area (Å²) >= 11 is 0. The molecule has 3 rings (SSSR count). The standard InChI is InChI=1S/C20H21F2N3O4S/c21-16-6-4-15(5-7-16)12-19(26)24-8-10-25(11-9-24)20(27)14-23-30(28,29)18-3-1-2-17(22)13-18/h1-7,13,23H,8-12,14H2. The highest BCUT2D eigenvalue weighted by Crippen LogP contribution is 2.11. The number of nitrogens with one attached hydrogen (secondary N) is 1. The molecule has 2 aromatic rings. The van der Waals surface area contributed by atoms with E-state index in [2.05, 4.69) is 4.72 Å². The van der Waals surface area contributed by atoms with Gasteiger partial charge in [0.05, 0.1) is 17.9 Å². The van der Waals surface area contributed by atoms with E-state index in [-0.39, 0.29) is 36.1 Å². The van der Waals surface area contributed by atoms with Gasteiger partial charge in [0.25, 0.3) is 0 Å². The molecular formula is C20H21F2N3O4S. The zero-order valence-corrected chi connectivity index (χ0v) is 16.9. The molecule has 30 heavy (non-hydrogen) atoms. The molecule has 1 aliphatic rings. The Morgan fingerprint density at radius 1 is 0.867 bits per heavy atom. The molecule has 0 aromatic heterocycles. The van der Waals surface area contributed by atoms with E-state index in [0.717, 1.165) is 12.1 Å². The van der Waals surface area contributed by atoms with Crippen molar-refractivity contribution >= 4 is 21.8 Å². The summed E-state index contributed by atoms with van der Waals surface area (Å²) in [6, 6.07) is 10.2. The molecule has 10 heteroatoms. The Bertz CT molecular complexity index is 1020. The lowest BCUT2D eigenvalue weighted by atomic mass is 10.1. The lowest BCUT2D eigenvalue weighted by Crippen LogP contribution is -2.52. The molecule has 2 aromatic carbocycles. The molecule has 0 spiro atoms. The summed E-state index contributed by atoms with van der Waals surface area (Å²) in [6.45, 7) is 0.735. The van der Waals surface area contributed by atoms with Gasteiger partial charge in [-0.05, 0) is 35.9 Å². The molecule has 1 saturated heterocycles. The molecule has 2 amide bonds. The van der Waals surface area contributed by atoms with Crippen LogP contribution in [0.25, 0.3) is 0 Å². The average molecular weight is 437 g/mol. The van der Waals surface area contributed by atoms with E-state index >= 15 is 0 Å². The predicted octanol–water partition coefficient (Wildman–Crippen LogP) is 1.16. The topological polar surface area (TPSA) is 86.8 Å². The highest BCUT2D eigenvalue weighted by Gasteiger charge is 2.25. The maximum atomic E-state index is 13.2. The van der Waals surface area contributed by atoms with Crippen LogP contribution in [-0.4, -0.2) is 62.8 Å². The highest BCUT2D eigenvalue weighted by molar-refractivity contribution is 7.89. The van der Waals surface area contributed by atoms with Crippen molar-refractivity contribution in [3.05, 3.63) is 65.7 Å². The van der Waals surface area contributed by atoms with Crippen LogP contribution in [0.2, 0.25) is 0 Å². The number of amides is 2. The first-order valence-corrected chi connectivity index (χ1v) is 10.8. The van der Waals surface area contributed by atoms with Crippen molar-refractivity contribution in [2.24, 2.45) is 0 Å². The summed E-state index contributed by atoms with van der Waals surface area (Å²) in [5, 5.41) is 0. The van der Waals surface area contributed by atoms with Crippen molar-refractivity contribution in [2.45, 2.75) is 11.3 Å². The Kier molecular flexibility index (Phi) is 6.78. The molecule has 1 fully saturated rings. The van der Waals surface area contributed by atoms with Gasteiger partial charge in [-0.25, -0.2) is 21.9 Å². The third-order valence-electron chi connectivity index (χ3n) is 4.77. The van der Waals surface area contributed by atoms with Gasteiger partial charge in [0, 0.05) is 26.2 Å². The maximum absolute atomic E-state index is 13.2. The SMILES string of the molecule is O=C(CNS(=O)(=O)c1cccc(F)c1)N1CCN(C(=O)Cc2ccc(F)cc2)CC1. The average Bonchev–Trinajstić information content (AvgIpc) is 2.74. The van der Waals surface area contributed by atoms with Gasteiger partial charge >= 0.3 is 0 Å². The van der Waals surface area contributed by atoms with Gasteiger partial charge < -0.3 is 9.80 Å². The lowest BCUT2D eigenvalue weighted by Gasteiger charge is -2.35. The van der Waals surface area contributed by atoms with E-state index in [1.165, 1.54) is 29.2 Å². The third kappa shape index (κ3) is 5.61. The Hall–Kier alpha value is -2.85. The maximum Gasteiger partial charge on any atom is 0.241 e. The summed E-state index contributed by atoms with van der Waals surface area (Å²) in [7, 11) is -4.01. The number of halogens is 2. The van der Waals surface area contributed by atoms with Crippen LogP contribution in [0.3, 0.4) is 0 Å². The van der Waals surface area contributed by atoms with E-state index in [4.69, 9.17) is 0 Å². The van der Waals surface area contributed by atoms with Gasteiger partial charge in [-0.15, -0.1) is 0 Å². The molecule has 1 heterocycles. The van der Waals surface area contributed by atoms with Crippen LogP contribution in [-0.2, 0) is 26.0 Å². The number of sulfonamides is 1. The van der Waals surface area contributed by atoms with Gasteiger partial charge in [0.15, 0.2) is 0 Å².